The van der Waals surface area contributed by atoms with Crippen LogP contribution < -0.4 is 10.1 Å². The number of carbonyl (C=O) groups is 1. The molecular weight excluding hydrogens is 252 g/mol. The molecule has 0 aliphatic carbocycles. The Hall–Kier alpha value is -2.62. The molecule has 100 valence electrons. The number of nitrogens with one attached hydrogen (secondary N) is 1. The van der Waals surface area contributed by atoms with E-state index in [4.69, 9.17) is 4.74 Å². The Morgan fingerprint density at radius 1 is 1.35 bits per heavy atom. The summed E-state index contributed by atoms with van der Waals surface area (Å²) in [5.74, 6) is 0.675. The van der Waals surface area contributed by atoms with Gasteiger partial charge in [0.1, 0.15) is 5.75 Å². The summed E-state index contributed by atoms with van der Waals surface area (Å²) in [4.78, 5) is 16.2. The number of carbonyl (C=O) groups excluding carboxylic acids is 1. The molecule has 1 aliphatic heterocycles. The smallest absolute Gasteiger partial charge is 0.256 e. The third-order valence-corrected chi connectivity index (χ3v) is 3.31. The molecule has 0 atom stereocenters. The minimum atomic E-state index is -0.100. The van der Waals surface area contributed by atoms with Gasteiger partial charge in [-0.15, -0.1) is 0 Å². The summed E-state index contributed by atoms with van der Waals surface area (Å²) >= 11 is 0. The first kappa shape index (κ1) is 12.4. The summed E-state index contributed by atoms with van der Waals surface area (Å²) in [5, 5.41) is 2.88. The number of rotatable bonds is 2. The van der Waals surface area contributed by atoms with Crippen LogP contribution in [0.15, 0.2) is 36.7 Å². The summed E-state index contributed by atoms with van der Waals surface area (Å²) in [7, 11) is 1.63. The van der Waals surface area contributed by atoms with Crippen molar-refractivity contribution >= 4 is 23.2 Å². The van der Waals surface area contributed by atoms with Crippen molar-refractivity contribution in [2.24, 2.45) is 0 Å². The Balaban J connectivity index is 2.12. The summed E-state index contributed by atoms with van der Waals surface area (Å²) < 4.78 is 5.33. The normalized spacial score (nSPS) is 15.1. The highest BCUT2D eigenvalue weighted by Gasteiger charge is 2.25. The molecule has 0 spiro atoms. The van der Waals surface area contributed by atoms with Gasteiger partial charge >= 0.3 is 0 Å². The molecule has 3 rings (SSSR count). The van der Waals surface area contributed by atoms with E-state index >= 15 is 0 Å². The van der Waals surface area contributed by atoms with Crippen LogP contribution in [0.5, 0.6) is 5.75 Å². The summed E-state index contributed by atoms with van der Waals surface area (Å²) in [6.45, 7) is 1.95. The van der Waals surface area contributed by atoms with Gasteiger partial charge < -0.3 is 10.1 Å². The number of aromatic nitrogens is 1. The van der Waals surface area contributed by atoms with Gasteiger partial charge in [0.05, 0.1) is 7.11 Å². The average molecular weight is 266 g/mol. The number of ether oxygens (including phenoxy) is 1. The number of nitrogens with zero attached hydrogens (tertiary/aromatic N) is 1. The van der Waals surface area contributed by atoms with E-state index in [1.807, 2.05) is 37.3 Å². The van der Waals surface area contributed by atoms with Crippen LogP contribution in [0.4, 0.5) is 5.69 Å². The first-order chi connectivity index (χ1) is 9.69. The minimum Gasteiger partial charge on any atom is -0.496 e. The molecule has 2 aromatic rings. The van der Waals surface area contributed by atoms with Gasteiger partial charge in [-0.3, -0.25) is 9.78 Å². The van der Waals surface area contributed by atoms with E-state index in [2.05, 4.69) is 10.3 Å². The van der Waals surface area contributed by atoms with Crippen molar-refractivity contribution in [1.82, 2.24) is 4.98 Å². The fourth-order valence-corrected chi connectivity index (χ4v) is 2.32. The molecule has 1 aromatic heterocycles. The van der Waals surface area contributed by atoms with Crippen LogP contribution in [0.25, 0.3) is 11.6 Å². The highest BCUT2D eigenvalue weighted by molar-refractivity contribution is 6.35. The second-order valence-electron chi connectivity index (χ2n) is 4.67. The lowest BCUT2D eigenvalue weighted by atomic mass is 10.0. The molecule has 2 heterocycles. The van der Waals surface area contributed by atoms with Gasteiger partial charge in [-0.25, -0.2) is 0 Å². The maximum absolute atomic E-state index is 12.1. The fourth-order valence-electron chi connectivity index (χ4n) is 2.32. The predicted octanol–water partition coefficient (Wildman–Crippen LogP) is 2.89. The van der Waals surface area contributed by atoms with E-state index in [-0.39, 0.29) is 5.91 Å². The summed E-state index contributed by atoms with van der Waals surface area (Å²) in [5.41, 5.74) is 4.20. The van der Waals surface area contributed by atoms with E-state index in [1.54, 1.807) is 19.5 Å². The van der Waals surface area contributed by atoms with Crippen molar-refractivity contribution in [2.45, 2.75) is 6.92 Å². The van der Waals surface area contributed by atoms with Crippen molar-refractivity contribution in [2.75, 3.05) is 12.4 Å². The van der Waals surface area contributed by atoms with Crippen LogP contribution in [-0.2, 0) is 4.79 Å². The van der Waals surface area contributed by atoms with Crippen LogP contribution >= 0.6 is 0 Å². The molecule has 4 nitrogen and oxygen atoms in total. The summed E-state index contributed by atoms with van der Waals surface area (Å²) in [6.07, 6.45) is 5.27. The molecule has 0 radical (unpaired) electrons. The Bertz CT molecular complexity index is 706. The molecule has 20 heavy (non-hydrogen) atoms. The molecule has 1 N–H and O–H groups in total. The number of anilines is 1. The fraction of sp³-hybridized carbons (Fsp3) is 0.125. The first-order valence-electron chi connectivity index (χ1n) is 6.31. The van der Waals surface area contributed by atoms with Crippen LogP contribution in [-0.4, -0.2) is 18.0 Å². The van der Waals surface area contributed by atoms with E-state index in [9.17, 15) is 4.79 Å². The number of amides is 1. The number of hydrogen-bond donors (Lipinski definition) is 1. The maximum Gasteiger partial charge on any atom is 0.256 e. The Morgan fingerprint density at radius 3 is 2.90 bits per heavy atom. The van der Waals surface area contributed by atoms with Gasteiger partial charge in [0.25, 0.3) is 5.91 Å². The molecule has 0 unspecified atom stereocenters. The average Bonchev–Trinajstić information content (AvgIpc) is 2.74. The number of pyridine rings is 1. The molecule has 1 aromatic carbocycles. The van der Waals surface area contributed by atoms with Crippen LogP contribution in [0, 0.1) is 6.92 Å². The summed E-state index contributed by atoms with van der Waals surface area (Å²) in [6, 6.07) is 7.58. The molecule has 4 heteroatoms. The van der Waals surface area contributed by atoms with Crippen molar-refractivity contribution in [1.29, 1.82) is 0 Å². The van der Waals surface area contributed by atoms with Gasteiger partial charge in [0, 0.05) is 29.2 Å². The van der Waals surface area contributed by atoms with Crippen molar-refractivity contribution in [3.05, 3.63) is 53.3 Å². The van der Waals surface area contributed by atoms with Gasteiger partial charge in [-0.2, -0.15) is 0 Å². The quantitative estimate of drug-likeness (QED) is 0.850. The van der Waals surface area contributed by atoms with Crippen molar-refractivity contribution in [3.8, 4) is 5.75 Å². The van der Waals surface area contributed by atoms with Crippen molar-refractivity contribution in [3.63, 3.8) is 0 Å². The van der Waals surface area contributed by atoms with E-state index in [0.717, 1.165) is 28.1 Å². The lowest BCUT2D eigenvalue weighted by Crippen LogP contribution is -2.03. The second-order valence-corrected chi connectivity index (χ2v) is 4.67. The molecule has 0 bridgehead atoms. The van der Waals surface area contributed by atoms with E-state index in [1.165, 1.54) is 0 Å². The predicted molar refractivity (Wildman–Crippen MR) is 78.5 cm³/mol. The largest absolute Gasteiger partial charge is 0.496 e. The lowest BCUT2D eigenvalue weighted by molar-refractivity contribution is -0.110. The van der Waals surface area contributed by atoms with Crippen molar-refractivity contribution < 1.29 is 9.53 Å². The Kier molecular flexibility index (Phi) is 2.99. The molecular formula is C16H14N2O2. The second kappa shape index (κ2) is 4.81. The first-order valence-corrected chi connectivity index (χ1v) is 6.31. The van der Waals surface area contributed by atoms with Crippen LogP contribution in [0.1, 0.15) is 16.7 Å². The third-order valence-electron chi connectivity index (χ3n) is 3.31. The topological polar surface area (TPSA) is 51.2 Å². The molecule has 1 amide bonds. The maximum atomic E-state index is 12.1. The number of hydrogen-bond acceptors (Lipinski definition) is 3. The van der Waals surface area contributed by atoms with Gasteiger partial charge in [-0.1, -0.05) is 6.07 Å². The SMILES string of the molecule is COc1cc2c(cc1C)NC(=O)/C2=C/c1cccnc1. The molecule has 1 aliphatic rings. The zero-order valence-electron chi connectivity index (χ0n) is 11.3. The standard InChI is InChI=1S/C16H14N2O2/c1-10-6-14-12(8-15(10)20-2)13(16(19)18-14)7-11-4-3-5-17-9-11/h3-9H,1-2H3,(H,18,19)/b13-7+. The number of fused-ring (bicyclic) bond motifs is 1. The lowest BCUT2D eigenvalue weighted by Gasteiger charge is -2.07. The zero-order valence-corrected chi connectivity index (χ0v) is 11.3. The zero-order chi connectivity index (χ0) is 14.1. The van der Waals surface area contributed by atoms with Crippen LogP contribution in [0.3, 0.4) is 0 Å². The number of methoxy groups -OCH3 is 1. The van der Waals surface area contributed by atoms with E-state index in [0.29, 0.717) is 5.57 Å². The van der Waals surface area contributed by atoms with Crippen LogP contribution in [0.2, 0.25) is 0 Å². The Labute approximate surface area is 117 Å². The van der Waals surface area contributed by atoms with Gasteiger partial charge in [0.2, 0.25) is 0 Å². The van der Waals surface area contributed by atoms with Gasteiger partial charge in [-0.05, 0) is 42.3 Å². The highest BCUT2D eigenvalue weighted by atomic mass is 16.5. The highest BCUT2D eigenvalue weighted by Crippen LogP contribution is 2.37. The molecule has 0 saturated carbocycles. The molecule has 0 fully saturated rings. The number of benzene rings is 1. The van der Waals surface area contributed by atoms with E-state index < -0.39 is 0 Å². The molecule has 0 saturated heterocycles. The van der Waals surface area contributed by atoms with Gasteiger partial charge in [0.15, 0.2) is 0 Å². The third kappa shape index (κ3) is 2.05. The minimum absolute atomic E-state index is 0.100. The Morgan fingerprint density at radius 2 is 2.20 bits per heavy atom. The number of aryl methyl sites for hydroxylation is 1. The monoisotopic (exact) mass is 266 g/mol.